The van der Waals surface area contributed by atoms with Gasteiger partial charge in [-0.05, 0) is 24.6 Å². The average molecular weight is 444 g/mol. The monoisotopic (exact) mass is 444 g/mol. The lowest BCUT2D eigenvalue weighted by molar-refractivity contribution is -0.142. The highest BCUT2D eigenvalue weighted by Gasteiger charge is 2.24. The summed E-state index contributed by atoms with van der Waals surface area (Å²) in [7, 11) is 0. The Kier molecular flexibility index (Phi) is 8.63. The summed E-state index contributed by atoms with van der Waals surface area (Å²) in [6.45, 7) is 2.49. The third-order valence-corrected chi connectivity index (χ3v) is 4.34. The van der Waals surface area contributed by atoms with E-state index in [1.165, 1.54) is 13.8 Å². The van der Waals surface area contributed by atoms with E-state index >= 15 is 0 Å². The third-order valence-electron chi connectivity index (χ3n) is 4.34. The number of esters is 1. The Bertz CT molecular complexity index is 922. The molecule has 11 heteroatoms. The second kappa shape index (κ2) is 11.4. The molecule has 1 unspecified atom stereocenters. The zero-order chi connectivity index (χ0) is 23.7. The highest BCUT2D eigenvalue weighted by atomic mass is 16.5. The summed E-state index contributed by atoms with van der Waals surface area (Å²) >= 11 is 0. The minimum absolute atomic E-state index is 0.0904. The van der Waals surface area contributed by atoms with E-state index < -0.39 is 41.5 Å². The van der Waals surface area contributed by atoms with Gasteiger partial charge in [-0.25, -0.2) is 0 Å². The van der Waals surface area contributed by atoms with Crippen molar-refractivity contribution in [2.24, 2.45) is 0 Å². The summed E-state index contributed by atoms with van der Waals surface area (Å²) in [6.07, 6.45) is 2.10. The van der Waals surface area contributed by atoms with Crippen molar-refractivity contribution in [3.63, 3.8) is 0 Å². The van der Waals surface area contributed by atoms with Gasteiger partial charge < -0.3 is 20.7 Å². The first-order valence-corrected chi connectivity index (χ1v) is 9.78. The molecule has 1 heterocycles. The van der Waals surface area contributed by atoms with Gasteiger partial charge in [-0.3, -0.25) is 33.7 Å². The number of hydrogen-bond donors (Lipinski definition) is 3. The molecule has 0 bridgehead atoms. The van der Waals surface area contributed by atoms with Crippen LogP contribution in [0.5, 0.6) is 0 Å². The lowest BCUT2D eigenvalue weighted by atomic mass is 10.2. The molecule has 1 aromatic carbocycles. The molecule has 3 N–H and O–H groups in total. The number of benzene rings is 1. The molecular formula is C21H24N4O7. The summed E-state index contributed by atoms with van der Waals surface area (Å²) in [5.41, 5.74) is 1.25. The van der Waals surface area contributed by atoms with Crippen LogP contribution in [0.15, 0.2) is 36.4 Å². The molecule has 0 aromatic heterocycles. The minimum atomic E-state index is -0.918. The first kappa shape index (κ1) is 24.3. The Hall–Kier alpha value is -4.02. The predicted molar refractivity (Wildman–Crippen MR) is 112 cm³/mol. The molecule has 0 spiro atoms. The van der Waals surface area contributed by atoms with E-state index in [0.29, 0.717) is 5.69 Å². The van der Waals surface area contributed by atoms with E-state index in [9.17, 15) is 28.8 Å². The number of carbonyl (C=O) groups excluding carboxylic acids is 6. The van der Waals surface area contributed by atoms with Crippen molar-refractivity contribution < 1.29 is 33.5 Å². The van der Waals surface area contributed by atoms with Crippen molar-refractivity contribution in [3.05, 3.63) is 42.0 Å². The van der Waals surface area contributed by atoms with Crippen molar-refractivity contribution in [1.29, 1.82) is 0 Å². The fourth-order valence-electron chi connectivity index (χ4n) is 2.64. The van der Waals surface area contributed by atoms with Crippen molar-refractivity contribution in [3.8, 4) is 0 Å². The summed E-state index contributed by atoms with van der Waals surface area (Å²) in [5, 5.41) is 7.46. The number of nitrogens with one attached hydrogen (secondary N) is 3. The van der Waals surface area contributed by atoms with Gasteiger partial charge in [0.05, 0.1) is 6.54 Å². The van der Waals surface area contributed by atoms with Gasteiger partial charge >= 0.3 is 5.97 Å². The maximum atomic E-state index is 12.1. The topological polar surface area (TPSA) is 151 Å². The number of hydrogen-bond acceptors (Lipinski definition) is 7. The van der Waals surface area contributed by atoms with E-state index in [0.717, 1.165) is 22.6 Å². The quantitative estimate of drug-likeness (QED) is 0.329. The number of ether oxygens (including phenoxy) is 1. The highest BCUT2D eigenvalue weighted by Crippen LogP contribution is 2.10. The molecule has 0 aliphatic carbocycles. The lowest BCUT2D eigenvalue weighted by Crippen LogP contribution is -2.47. The van der Waals surface area contributed by atoms with Gasteiger partial charge in [-0.2, -0.15) is 0 Å². The summed E-state index contributed by atoms with van der Waals surface area (Å²) in [6, 6.07) is 5.72. The molecule has 0 fully saturated rings. The smallest absolute Gasteiger partial charge is 0.302 e. The third kappa shape index (κ3) is 7.67. The Morgan fingerprint density at radius 2 is 1.62 bits per heavy atom. The molecule has 32 heavy (non-hydrogen) atoms. The van der Waals surface area contributed by atoms with Gasteiger partial charge in [0.2, 0.25) is 17.7 Å². The van der Waals surface area contributed by atoms with Gasteiger partial charge in [0.25, 0.3) is 11.8 Å². The standard InChI is InChI=1S/C21H24N4O7/c1-13(23-17(27)9-10-25-19(29)7-8-20(25)30)21(31)22-11-18(28)24-16-5-3-15(4-6-16)12-32-14(2)26/h3-8,13H,9-12H2,1-2H3,(H,22,31)(H,23,27)(H,24,28). The Balaban J connectivity index is 1.69. The second-order valence-electron chi connectivity index (χ2n) is 6.94. The first-order chi connectivity index (χ1) is 15.2. The molecule has 11 nitrogen and oxygen atoms in total. The molecule has 1 aromatic rings. The number of imide groups is 1. The van der Waals surface area contributed by atoms with Crippen LogP contribution in [0.1, 0.15) is 25.8 Å². The van der Waals surface area contributed by atoms with Gasteiger partial charge in [0.1, 0.15) is 12.6 Å². The molecule has 0 radical (unpaired) electrons. The lowest BCUT2D eigenvalue weighted by Gasteiger charge is -2.16. The molecule has 1 aliphatic rings. The number of carbonyl (C=O) groups is 6. The molecular weight excluding hydrogens is 420 g/mol. The fraction of sp³-hybridized carbons (Fsp3) is 0.333. The molecule has 1 atom stereocenters. The zero-order valence-corrected chi connectivity index (χ0v) is 17.7. The molecule has 170 valence electrons. The predicted octanol–water partition coefficient (Wildman–Crippen LogP) is -0.376. The van der Waals surface area contributed by atoms with Crippen LogP contribution < -0.4 is 16.0 Å². The normalized spacial score (nSPS) is 13.5. The second-order valence-corrected chi connectivity index (χ2v) is 6.94. The highest BCUT2D eigenvalue weighted by molar-refractivity contribution is 6.13. The summed E-state index contributed by atoms with van der Waals surface area (Å²) in [4.78, 5) is 70.7. The Morgan fingerprint density at radius 1 is 1.00 bits per heavy atom. The molecule has 0 saturated carbocycles. The van der Waals surface area contributed by atoms with Crippen LogP contribution in [0.25, 0.3) is 0 Å². The molecule has 5 amide bonds. The maximum Gasteiger partial charge on any atom is 0.302 e. The van der Waals surface area contributed by atoms with Crippen LogP contribution in [0.3, 0.4) is 0 Å². The number of anilines is 1. The minimum Gasteiger partial charge on any atom is -0.461 e. The fourth-order valence-corrected chi connectivity index (χ4v) is 2.64. The van der Waals surface area contributed by atoms with Crippen molar-refractivity contribution in [2.45, 2.75) is 32.9 Å². The molecule has 1 aliphatic heterocycles. The van der Waals surface area contributed by atoms with Crippen LogP contribution in [-0.2, 0) is 40.1 Å². The van der Waals surface area contributed by atoms with Crippen LogP contribution in [0.2, 0.25) is 0 Å². The average Bonchev–Trinajstić information content (AvgIpc) is 3.07. The van der Waals surface area contributed by atoms with Gasteiger partial charge in [-0.1, -0.05) is 12.1 Å². The van der Waals surface area contributed by atoms with Gasteiger partial charge in [-0.15, -0.1) is 0 Å². The van der Waals surface area contributed by atoms with E-state index in [1.54, 1.807) is 24.3 Å². The van der Waals surface area contributed by atoms with Crippen molar-refractivity contribution in [2.75, 3.05) is 18.4 Å². The van der Waals surface area contributed by atoms with Gasteiger partial charge in [0.15, 0.2) is 0 Å². The maximum absolute atomic E-state index is 12.1. The number of amides is 5. The summed E-state index contributed by atoms with van der Waals surface area (Å²) in [5.74, 6) is -2.92. The van der Waals surface area contributed by atoms with Crippen molar-refractivity contribution in [1.82, 2.24) is 15.5 Å². The van der Waals surface area contributed by atoms with Gasteiger partial charge in [0, 0.05) is 37.7 Å². The summed E-state index contributed by atoms with van der Waals surface area (Å²) < 4.78 is 4.88. The zero-order valence-electron chi connectivity index (χ0n) is 17.7. The number of nitrogens with zero attached hydrogens (tertiary/aromatic N) is 1. The van der Waals surface area contributed by atoms with E-state index in [1.807, 2.05) is 0 Å². The number of rotatable bonds is 10. The van der Waals surface area contributed by atoms with Crippen LogP contribution in [-0.4, -0.2) is 59.5 Å². The van der Waals surface area contributed by atoms with Crippen molar-refractivity contribution >= 4 is 41.2 Å². The van der Waals surface area contributed by atoms with Crippen LogP contribution >= 0.6 is 0 Å². The SMILES string of the molecule is CC(=O)OCc1ccc(NC(=O)CNC(=O)C(C)NC(=O)CCN2C(=O)C=CC2=O)cc1. The molecule has 0 saturated heterocycles. The van der Waals surface area contributed by atoms with E-state index in [-0.39, 0.29) is 26.1 Å². The first-order valence-electron chi connectivity index (χ1n) is 9.78. The largest absolute Gasteiger partial charge is 0.461 e. The van der Waals surface area contributed by atoms with Crippen LogP contribution in [0.4, 0.5) is 5.69 Å². The van der Waals surface area contributed by atoms with E-state index in [2.05, 4.69) is 16.0 Å². The van der Waals surface area contributed by atoms with Crippen LogP contribution in [0, 0.1) is 0 Å². The Labute approximate surface area is 184 Å². The Morgan fingerprint density at radius 3 is 2.22 bits per heavy atom. The van der Waals surface area contributed by atoms with E-state index in [4.69, 9.17) is 4.74 Å². The molecule has 2 rings (SSSR count).